The maximum atomic E-state index is 12.5. The number of carbonyl (C=O) groups is 2. The van der Waals surface area contributed by atoms with Crippen LogP contribution in [0.1, 0.15) is 26.3 Å². The molecule has 0 amide bonds. The first-order chi connectivity index (χ1) is 14.5. The summed E-state index contributed by atoms with van der Waals surface area (Å²) in [4.78, 5) is 24.7. The lowest BCUT2D eigenvalue weighted by Gasteiger charge is -2.07. The summed E-state index contributed by atoms with van der Waals surface area (Å²) in [7, 11) is 3.12. The van der Waals surface area contributed by atoms with Crippen molar-refractivity contribution < 1.29 is 23.8 Å². The van der Waals surface area contributed by atoms with Gasteiger partial charge in [-0.15, -0.1) is 0 Å². The molecule has 0 unspecified atom stereocenters. The van der Waals surface area contributed by atoms with Gasteiger partial charge in [-0.2, -0.15) is 0 Å². The van der Waals surface area contributed by atoms with E-state index in [0.717, 1.165) is 5.56 Å². The SMILES string of the molecule is COc1ccc(C=CC(=O)c2ccc(OC(=O)c3ccccc3Cl)cc2)c(OC)c1. The third kappa shape index (κ3) is 5.07. The fourth-order valence-corrected chi connectivity index (χ4v) is 2.91. The van der Waals surface area contributed by atoms with Crippen molar-refractivity contribution in [2.75, 3.05) is 14.2 Å². The molecule has 0 radical (unpaired) electrons. The highest BCUT2D eigenvalue weighted by atomic mass is 35.5. The van der Waals surface area contributed by atoms with Gasteiger partial charge in [0.2, 0.25) is 0 Å². The van der Waals surface area contributed by atoms with Crippen molar-refractivity contribution in [3.05, 3.63) is 94.5 Å². The second kappa shape index (κ2) is 9.76. The highest BCUT2D eigenvalue weighted by Gasteiger charge is 2.12. The predicted octanol–water partition coefficient (Wildman–Crippen LogP) is 5.47. The molecule has 3 rings (SSSR count). The van der Waals surface area contributed by atoms with Crippen LogP contribution in [0.5, 0.6) is 17.2 Å². The van der Waals surface area contributed by atoms with E-state index in [1.807, 2.05) is 0 Å². The number of methoxy groups -OCH3 is 2. The number of benzene rings is 3. The molecular formula is C24H19ClO5. The van der Waals surface area contributed by atoms with Crippen molar-refractivity contribution in [3.63, 3.8) is 0 Å². The number of halogens is 1. The number of rotatable bonds is 7. The lowest BCUT2D eigenvalue weighted by atomic mass is 10.1. The third-order valence-corrected chi connectivity index (χ3v) is 4.63. The van der Waals surface area contributed by atoms with Gasteiger partial charge in [0.15, 0.2) is 5.78 Å². The molecule has 0 aliphatic heterocycles. The molecule has 0 heterocycles. The van der Waals surface area contributed by atoms with Gasteiger partial charge in [-0.1, -0.05) is 23.7 Å². The van der Waals surface area contributed by atoms with Crippen LogP contribution < -0.4 is 14.2 Å². The van der Waals surface area contributed by atoms with E-state index in [0.29, 0.717) is 27.8 Å². The molecule has 0 bridgehead atoms. The maximum Gasteiger partial charge on any atom is 0.345 e. The number of ketones is 1. The summed E-state index contributed by atoms with van der Waals surface area (Å²) >= 11 is 6.01. The summed E-state index contributed by atoms with van der Waals surface area (Å²) in [6, 6.07) is 18.3. The second-order valence-electron chi connectivity index (χ2n) is 6.20. The van der Waals surface area contributed by atoms with E-state index in [1.54, 1.807) is 87.0 Å². The zero-order valence-electron chi connectivity index (χ0n) is 16.4. The summed E-state index contributed by atoms with van der Waals surface area (Å²) < 4.78 is 15.8. The lowest BCUT2D eigenvalue weighted by Crippen LogP contribution is -2.09. The Kier molecular flexibility index (Phi) is 6.88. The minimum Gasteiger partial charge on any atom is -0.497 e. The summed E-state index contributed by atoms with van der Waals surface area (Å²) in [5.41, 5.74) is 1.48. The van der Waals surface area contributed by atoms with E-state index < -0.39 is 5.97 Å². The van der Waals surface area contributed by atoms with E-state index in [-0.39, 0.29) is 11.3 Å². The van der Waals surface area contributed by atoms with Crippen LogP contribution >= 0.6 is 11.6 Å². The van der Waals surface area contributed by atoms with Crippen molar-refractivity contribution in [2.24, 2.45) is 0 Å². The molecule has 3 aromatic carbocycles. The smallest absolute Gasteiger partial charge is 0.345 e. The van der Waals surface area contributed by atoms with Crippen molar-refractivity contribution in [1.29, 1.82) is 0 Å². The quantitative estimate of drug-likeness (QED) is 0.218. The van der Waals surface area contributed by atoms with E-state index in [2.05, 4.69) is 0 Å². The van der Waals surface area contributed by atoms with Gasteiger partial charge in [-0.3, -0.25) is 4.79 Å². The molecule has 0 aliphatic carbocycles. The Bertz CT molecular complexity index is 1090. The molecule has 3 aromatic rings. The average molecular weight is 423 g/mol. The topological polar surface area (TPSA) is 61.8 Å². The van der Waals surface area contributed by atoms with Gasteiger partial charge in [-0.05, 0) is 60.7 Å². The molecule has 152 valence electrons. The highest BCUT2D eigenvalue weighted by molar-refractivity contribution is 6.33. The van der Waals surface area contributed by atoms with E-state index in [9.17, 15) is 9.59 Å². The number of ether oxygens (including phenoxy) is 3. The van der Waals surface area contributed by atoms with Crippen LogP contribution in [0, 0.1) is 0 Å². The van der Waals surface area contributed by atoms with Crippen LogP contribution in [-0.4, -0.2) is 26.0 Å². The van der Waals surface area contributed by atoms with Gasteiger partial charge in [0.25, 0.3) is 0 Å². The van der Waals surface area contributed by atoms with Gasteiger partial charge in [0.1, 0.15) is 17.2 Å². The van der Waals surface area contributed by atoms with Crippen molar-refractivity contribution in [3.8, 4) is 17.2 Å². The van der Waals surface area contributed by atoms with Gasteiger partial charge in [-0.25, -0.2) is 4.79 Å². The zero-order chi connectivity index (χ0) is 21.5. The Morgan fingerprint density at radius 1 is 0.867 bits per heavy atom. The van der Waals surface area contributed by atoms with Crippen LogP contribution in [0.2, 0.25) is 5.02 Å². The Labute approximate surface area is 179 Å². The minimum absolute atomic E-state index is 0.197. The minimum atomic E-state index is -0.564. The summed E-state index contributed by atoms with van der Waals surface area (Å²) in [5, 5.41) is 0.313. The van der Waals surface area contributed by atoms with Gasteiger partial charge < -0.3 is 14.2 Å². The first-order valence-electron chi connectivity index (χ1n) is 9.03. The zero-order valence-corrected chi connectivity index (χ0v) is 17.2. The Hall–Kier alpha value is -3.57. The molecule has 0 spiro atoms. The Morgan fingerprint density at radius 3 is 2.23 bits per heavy atom. The molecule has 0 saturated carbocycles. The summed E-state index contributed by atoms with van der Waals surface area (Å²) in [6.45, 7) is 0. The first kappa shape index (κ1) is 21.1. The van der Waals surface area contributed by atoms with E-state index in [1.165, 1.54) is 6.08 Å². The Morgan fingerprint density at radius 2 is 1.57 bits per heavy atom. The summed E-state index contributed by atoms with van der Waals surface area (Å²) in [5.74, 6) is 0.817. The fourth-order valence-electron chi connectivity index (χ4n) is 2.69. The molecule has 0 aromatic heterocycles. The summed E-state index contributed by atoms with van der Waals surface area (Å²) in [6.07, 6.45) is 3.13. The van der Waals surface area contributed by atoms with Gasteiger partial charge in [0.05, 0.1) is 24.8 Å². The van der Waals surface area contributed by atoms with Gasteiger partial charge >= 0.3 is 5.97 Å². The van der Waals surface area contributed by atoms with Gasteiger partial charge in [0, 0.05) is 17.2 Å². The molecule has 0 fully saturated rings. The van der Waals surface area contributed by atoms with Crippen LogP contribution in [0.25, 0.3) is 6.08 Å². The van der Waals surface area contributed by atoms with E-state index in [4.69, 9.17) is 25.8 Å². The molecule has 0 N–H and O–H groups in total. The van der Waals surface area contributed by atoms with Crippen LogP contribution in [0.4, 0.5) is 0 Å². The second-order valence-corrected chi connectivity index (χ2v) is 6.61. The predicted molar refractivity (Wildman–Crippen MR) is 116 cm³/mol. The molecule has 0 aliphatic rings. The number of carbonyl (C=O) groups excluding carboxylic acids is 2. The monoisotopic (exact) mass is 422 g/mol. The van der Waals surface area contributed by atoms with Crippen LogP contribution in [0.15, 0.2) is 72.8 Å². The van der Waals surface area contributed by atoms with E-state index >= 15 is 0 Å². The fraction of sp³-hybridized carbons (Fsp3) is 0.0833. The van der Waals surface area contributed by atoms with Crippen molar-refractivity contribution >= 4 is 29.4 Å². The van der Waals surface area contributed by atoms with Crippen LogP contribution in [0.3, 0.4) is 0 Å². The highest BCUT2D eigenvalue weighted by Crippen LogP contribution is 2.26. The number of hydrogen-bond acceptors (Lipinski definition) is 5. The standard InChI is InChI=1S/C24H19ClO5/c1-28-19-13-9-17(23(15-19)29-2)10-14-22(26)16-7-11-18(12-8-16)30-24(27)20-5-3-4-6-21(20)25/h3-15H,1-2H3. The molecule has 30 heavy (non-hydrogen) atoms. The van der Waals surface area contributed by atoms with Crippen molar-refractivity contribution in [2.45, 2.75) is 0 Å². The number of allylic oxidation sites excluding steroid dienone is 1. The van der Waals surface area contributed by atoms with Crippen LogP contribution in [-0.2, 0) is 0 Å². The Balaban J connectivity index is 1.69. The lowest BCUT2D eigenvalue weighted by molar-refractivity contribution is 0.0735. The number of hydrogen-bond donors (Lipinski definition) is 0. The maximum absolute atomic E-state index is 12.5. The third-order valence-electron chi connectivity index (χ3n) is 4.30. The molecule has 0 saturated heterocycles. The largest absolute Gasteiger partial charge is 0.497 e. The first-order valence-corrected chi connectivity index (χ1v) is 9.41. The molecular weight excluding hydrogens is 404 g/mol. The van der Waals surface area contributed by atoms with Crippen molar-refractivity contribution in [1.82, 2.24) is 0 Å². The number of esters is 1. The molecule has 5 nitrogen and oxygen atoms in total. The molecule has 0 atom stereocenters. The average Bonchev–Trinajstić information content (AvgIpc) is 2.78. The molecule has 6 heteroatoms. The normalized spacial score (nSPS) is 10.6.